The maximum atomic E-state index is 12.2. The zero-order valence-electron chi connectivity index (χ0n) is 34.5. The van der Waals surface area contributed by atoms with Crippen LogP contribution in [0, 0.1) is 11.8 Å². The summed E-state index contributed by atoms with van der Waals surface area (Å²) in [5.41, 5.74) is 4.88. The van der Waals surface area contributed by atoms with Crippen LogP contribution in [0.25, 0.3) is 0 Å². The zero-order valence-corrected chi connectivity index (χ0v) is 36.1. The first-order valence-electron chi connectivity index (χ1n) is 21.1. The molecule has 2 fully saturated rings. The van der Waals surface area contributed by atoms with E-state index in [1.807, 2.05) is 48.5 Å². The molecule has 4 amide bonds. The fraction of sp³-hybridized carbons (Fsp3) is 0.375. The minimum atomic E-state index is -0.715. The van der Waals surface area contributed by atoms with Crippen LogP contribution < -0.4 is 21.3 Å². The molecule has 4 aromatic carbocycles. The first kappa shape index (κ1) is 47.3. The molecule has 0 atom stereocenters. The number of amides is 4. The molecule has 0 radical (unpaired) electrons. The van der Waals surface area contributed by atoms with E-state index in [1.54, 1.807) is 48.5 Å². The lowest BCUT2D eigenvalue weighted by atomic mass is 9.77. The van der Waals surface area contributed by atoms with Crippen LogP contribution in [0.5, 0.6) is 0 Å². The second kappa shape index (κ2) is 24.1. The Bertz CT molecular complexity index is 1960. The minimum absolute atomic E-state index is 0.168. The number of carbonyl (C=O) groups excluding carboxylic acids is 4. The molecule has 0 heterocycles. The highest BCUT2D eigenvalue weighted by atomic mass is 35.5. The van der Waals surface area contributed by atoms with Gasteiger partial charge in [0.05, 0.1) is 0 Å². The van der Waals surface area contributed by atoms with Gasteiger partial charge in [-0.1, -0.05) is 47.5 Å². The summed E-state index contributed by atoms with van der Waals surface area (Å²) in [6.45, 7) is 0.482. The third-order valence-corrected chi connectivity index (χ3v) is 11.9. The van der Waals surface area contributed by atoms with Crippen molar-refractivity contribution in [1.29, 1.82) is 0 Å². The largest absolute Gasteiger partial charge is 0.481 e. The van der Waals surface area contributed by atoms with Crippen molar-refractivity contribution < 1.29 is 39.0 Å². The van der Waals surface area contributed by atoms with Gasteiger partial charge >= 0.3 is 11.9 Å². The maximum Gasteiger partial charge on any atom is 0.303 e. The number of hydrogen-bond acceptors (Lipinski definition) is 6. The topological polar surface area (TPSA) is 191 Å². The lowest BCUT2D eigenvalue weighted by Crippen LogP contribution is -2.27. The number of aliphatic carboxylic acids is 2. The quantitative estimate of drug-likeness (QED) is 0.0641. The van der Waals surface area contributed by atoms with Crippen molar-refractivity contribution in [3.63, 3.8) is 0 Å². The van der Waals surface area contributed by atoms with Gasteiger partial charge in [-0.2, -0.15) is 0 Å². The van der Waals surface area contributed by atoms with E-state index < -0.39 is 11.9 Å². The van der Waals surface area contributed by atoms with Gasteiger partial charge < -0.3 is 31.5 Å². The summed E-state index contributed by atoms with van der Waals surface area (Å²) in [7, 11) is 0. The first-order valence-corrected chi connectivity index (χ1v) is 21.9. The minimum Gasteiger partial charge on any atom is -0.481 e. The number of carbonyl (C=O) groups is 6. The van der Waals surface area contributed by atoms with E-state index in [2.05, 4.69) is 21.3 Å². The van der Waals surface area contributed by atoms with Crippen molar-refractivity contribution in [3.05, 3.63) is 129 Å². The van der Waals surface area contributed by atoms with Crippen LogP contribution in [0.1, 0.15) is 121 Å². The Labute approximate surface area is 372 Å². The second-order valence-electron chi connectivity index (χ2n) is 16.0. The normalized spacial score (nSPS) is 18.2. The molecule has 62 heavy (non-hydrogen) atoms. The Morgan fingerprint density at radius 3 is 1.10 bits per heavy atom. The van der Waals surface area contributed by atoms with E-state index in [0.29, 0.717) is 33.0 Å². The van der Waals surface area contributed by atoms with Gasteiger partial charge in [0.25, 0.3) is 11.8 Å². The molecule has 14 heteroatoms. The number of rotatable bonds is 16. The fourth-order valence-corrected chi connectivity index (χ4v) is 8.26. The van der Waals surface area contributed by atoms with Crippen LogP contribution >= 0.6 is 23.2 Å². The predicted molar refractivity (Wildman–Crippen MR) is 241 cm³/mol. The van der Waals surface area contributed by atoms with E-state index in [4.69, 9.17) is 33.4 Å². The lowest BCUT2D eigenvalue weighted by Gasteiger charge is -2.28. The Balaban J connectivity index is 0.000000234. The summed E-state index contributed by atoms with van der Waals surface area (Å²) in [6.07, 6.45) is 8.63. The van der Waals surface area contributed by atoms with E-state index in [0.717, 1.165) is 62.7 Å². The molecule has 6 N–H and O–H groups in total. The van der Waals surface area contributed by atoms with Crippen molar-refractivity contribution in [3.8, 4) is 0 Å². The van der Waals surface area contributed by atoms with Crippen molar-refractivity contribution in [2.24, 2.45) is 11.8 Å². The van der Waals surface area contributed by atoms with E-state index in [9.17, 15) is 28.8 Å². The molecule has 0 aliphatic heterocycles. The summed E-state index contributed by atoms with van der Waals surface area (Å²) < 4.78 is 0. The van der Waals surface area contributed by atoms with Crippen molar-refractivity contribution >= 4 is 70.1 Å². The van der Waals surface area contributed by atoms with Crippen LogP contribution in [0.3, 0.4) is 0 Å². The highest BCUT2D eigenvalue weighted by Gasteiger charge is 2.25. The molecule has 0 aromatic heterocycles. The van der Waals surface area contributed by atoms with E-state index >= 15 is 0 Å². The zero-order chi connectivity index (χ0) is 44.4. The number of benzene rings is 4. The molecule has 12 nitrogen and oxygen atoms in total. The average Bonchev–Trinajstić information content (AvgIpc) is 3.25. The lowest BCUT2D eigenvalue weighted by molar-refractivity contribution is -0.139. The summed E-state index contributed by atoms with van der Waals surface area (Å²) in [5, 5.41) is 30.1. The highest BCUT2D eigenvalue weighted by molar-refractivity contribution is 6.31. The number of anilines is 2. The van der Waals surface area contributed by atoms with Gasteiger partial charge in [0.1, 0.15) is 0 Å². The summed E-state index contributed by atoms with van der Waals surface area (Å²) in [4.78, 5) is 70.1. The Morgan fingerprint density at radius 2 is 0.790 bits per heavy atom. The molecule has 328 valence electrons. The molecule has 0 saturated heterocycles. The van der Waals surface area contributed by atoms with Gasteiger partial charge in [0.2, 0.25) is 11.8 Å². The summed E-state index contributed by atoms with van der Waals surface area (Å²) >= 11 is 11.6. The SMILES string of the molecule is O=C(O)CC1CCC(c2ccc(NC(=O)CCNC(=O)c3ccc(Cl)cc3)cc2)CC1.O=C(O)CC1CCC(c2ccc(NC(=O)CCNC(=O)c3ccc(Cl)cc3)cc2)CC1. The van der Waals surface area contributed by atoms with E-state index in [1.165, 1.54) is 11.1 Å². The summed E-state index contributed by atoms with van der Waals surface area (Å²) in [5.74, 6) is -0.799. The molecule has 0 spiro atoms. The van der Waals surface area contributed by atoms with Gasteiger partial charge in [-0.15, -0.1) is 0 Å². The maximum absolute atomic E-state index is 12.2. The van der Waals surface area contributed by atoms with Crippen LogP contribution in [0.2, 0.25) is 10.0 Å². The smallest absolute Gasteiger partial charge is 0.303 e. The van der Waals surface area contributed by atoms with Crippen LogP contribution in [0.4, 0.5) is 11.4 Å². The van der Waals surface area contributed by atoms with Crippen LogP contribution in [-0.2, 0) is 19.2 Å². The second-order valence-corrected chi connectivity index (χ2v) is 16.9. The van der Waals surface area contributed by atoms with Gasteiger partial charge in [-0.25, -0.2) is 0 Å². The molecule has 2 saturated carbocycles. The van der Waals surface area contributed by atoms with Crippen LogP contribution in [0.15, 0.2) is 97.1 Å². The Kier molecular flexibility index (Phi) is 18.4. The number of hydrogen-bond donors (Lipinski definition) is 6. The van der Waals surface area contributed by atoms with Gasteiger partial charge in [0, 0.05) is 71.3 Å². The number of halogens is 2. The van der Waals surface area contributed by atoms with E-state index in [-0.39, 0.29) is 74.2 Å². The molecule has 0 unspecified atom stereocenters. The van der Waals surface area contributed by atoms with Gasteiger partial charge in [0.15, 0.2) is 0 Å². The van der Waals surface area contributed by atoms with Crippen molar-refractivity contribution in [2.75, 3.05) is 23.7 Å². The molecule has 4 aromatic rings. The third kappa shape index (κ3) is 16.0. The third-order valence-electron chi connectivity index (χ3n) is 11.4. The van der Waals surface area contributed by atoms with Crippen LogP contribution in [-0.4, -0.2) is 58.9 Å². The summed E-state index contributed by atoms with van der Waals surface area (Å²) in [6, 6.07) is 28.8. The Hall–Kier alpha value is -5.72. The molecular formula is C48H54Cl2N4O8. The molecule has 2 aliphatic carbocycles. The highest BCUT2D eigenvalue weighted by Crippen LogP contribution is 2.38. The first-order chi connectivity index (χ1) is 29.8. The average molecular weight is 886 g/mol. The predicted octanol–water partition coefficient (Wildman–Crippen LogP) is 9.69. The Morgan fingerprint density at radius 1 is 0.468 bits per heavy atom. The molecule has 0 bridgehead atoms. The number of carboxylic acids is 2. The van der Waals surface area contributed by atoms with Crippen molar-refractivity contribution in [1.82, 2.24) is 10.6 Å². The van der Waals surface area contributed by atoms with Gasteiger partial charge in [-0.05, 0) is 159 Å². The van der Waals surface area contributed by atoms with Crippen molar-refractivity contribution in [2.45, 2.75) is 88.9 Å². The van der Waals surface area contributed by atoms with Gasteiger partial charge in [-0.3, -0.25) is 28.8 Å². The number of carboxylic acid groups (broad SMARTS) is 2. The molecule has 6 rings (SSSR count). The monoisotopic (exact) mass is 884 g/mol. The fourth-order valence-electron chi connectivity index (χ4n) is 8.00. The number of nitrogens with one attached hydrogen (secondary N) is 4. The molecule has 2 aliphatic rings. The molecular weight excluding hydrogens is 831 g/mol. The standard InChI is InChI=1S/2C24H27ClN2O4/c2*25-20-9-5-19(6-10-20)24(31)26-14-13-22(28)27-21-11-7-18(8-12-21)17-3-1-16(2-4-17)15-23(29)30/h2*5-12,16-17H,1-4,13-15H2,(H,26,31)(H,27,28)(H,29,30).